The van der Waals surface area contributed by atoms with E-state index < -0.39 is 0 Å². The van der Waals surface area contributed by atoms with Crippen LogP contribution >= 0.6 is 0 Å². The highest BCUT2D eigenvalue weighted by molar-refractivity contribution is 5.91. The number of fused-ring (bicyclic) bond motifs is 1. The second-order valence-corrected chi connectivity index (χ2v) is 5.55. The third-order valence-electron chi connectivity index (χ3n) is 4.10. The predicted octanol–water partition coefficient (Wildman–Crippen LogP) is 3.74. The van der Waals surface area contributed by atoms with E-state index in [1.807, 2.05) is 36.4 Å². The van der Waals surface area contributed by atoms with Crippen LogP contribution in [0.1, 0.15) is 11.3 Å². The van der Waals surface area contributed by atoms with Crippen LogP contribution in [0.15, 0.2) is 42.5 Å². The van der Waals surface area contributed by atoms with Gasteiger partial charge in [-0.2, -0.15) is 5.26 Å². The quantitative estimate of drug-likeness (QED) is 0.730. The Balaban J connectivity index is 2.00. The fourth-order valence-corrected chi connectivity index (χ4v) is 2.81. The van der Waals surface area contributed by atoms with E-state index >= 15 is 0 Å². The van der Waals surface area contributed by atoms with Crippen LogP contribution in [0.3, 0.4) is 0 Å². The van der Waals surface area contributed by atoms with Gasteiger partial charge in [0.05, 0.1) is 32.4 Å². The molecule has 0 radical (unpaired) electrons. The number of pyridine rings is 1. The summed E-state index contributed by atoms with van der Waals surface area (Å²) in [5, 5.41) is 13.6. The minimum Gasteiger partial charge on any atom is -0.496 e. The summed E-state index contributed by atoms with van der Waals surface area (Å²) in [5.74, 6) is 1.98. The van der Waals surface area contributed by atoms with E-state index in [2.05, 4.69) is 16.4 Å². The molecule has 0 saturated carbocycles. The largest absolute Gasteiger partial charge is 0.496 e. The van der Waals surface area contributed by atoms with Crippen LogP contribution < -0.4 is 19.5 Å². The maximum Gasteiger partial charge on any atom is 0.143 e. The third kappa shape index (κ3) is 3.33. The molecule has 6 nitrogen and oxygen atoms in total. The van der Waals surface area contributed by atoms with Crippen LogP contribution in [0.25, 0.3) is 10.9 Å². The average Bonchev–Trinajstić information content (AvgIpc) is 2.70. The Labute approximate surface area is 151 Å². The summed E-state index contributed by atoms with van der Waals surface area (Å²) in [6.45, 7) is 0.454. The van der Waals surface area contributed by atoms with Crippen LogP contribution in [0.2, 0.25) is 0 Å². The van der Waals surface area contributed by atoms with Gasteiger partial charge in [0.25, 0.3) is 0 Å². The molecule has 0 saturated heterocycles. The first kappa shape index (κ1) is 17.4. The van der Waals surface area contributed by atoms with E-state index in [4.69, 9.17) is 14.2 Å². The summed E-state index contributed by atoms with van der Waals surface area (Å²) < 4.78 is 16.3. The first-order valence-corrected chi connectivity index (χ1v) is 8.02. The minimum absolute atomic E-state index is 0.361. The van der Waals surface area contributed by atoms with Crippen LogP contribution in [-0.2, 0) is 6.54 Å². The Kier molecular flexibility index (Phi) is 5.09. The van der Waals surface area contributed by atoms with Crippen LogP contribution in [-0.4, -0.2) is 26.3 Å². The molecule has 6 heteroatoms. The van der Waals surface area contributed by atoms with Crippen molar-refractivity contribution in [1.82, 2.24) is 4.98 Å². The van der Waals surface area contributed by atoms with Gasteiger partial charge in [0, 0.05) is 29.8 Å². The molecule has 0 fully saturated rings. The number of benzene rings is 2. The summed E-state index contributed by atoms with van der Waals surface area (Å²) in [6.07, 6.45) is 0. The highest BCUT2D eigenvalue weighted by Crippen LogP contribution is 2.35. The second kappa shape index (κ2) is 7.62. The Morgan fingerprint density at radius 1 is 1.00 bits per heavy atom. The van der Waals surface area contributed by atoms with Crippen molar-refractivity contribution in [2.75, 3.05) is 26.6 Å². The first-order valence-electron chi connectivity index (χ1n) is 8.02. The van der Waals surface area contributed by atoms with Crippen molar-refractivity contribution in [1.29, 1.82) is 5.26 Å². The number of aromatic nitrogens is 1. The van der Waals surface area contributed by atoms with Gasteiger partial charge in [-0.3, -0.25) is 0 Å². The SMILES string of the molecule is COc1cc(OC)c(CNc2cc(C#N)nc3ccccc23)c(OC)c1. The summed E-state index contributed by atoms with van der Waals surface area (Å²) in [6, 6.07) is 15.2. The van der Waals surface area contributed by atoms with Gasteiger partial charge in [-0.05, 0) is 12.1 Å². The molecular weight excluding hydrogens is 330 g/mol. The maximum atomic E-state index is 9.23. The minimum atomic E-state index is 0.361. The highest BCUT2D eigenvalue weighted by Gasteiger charge is 2.14. The lowest BCUT2D eigenvalue weighted by Crippen LogP contribution is -2.06. The number of hydrogen-bond acceptors (Lipinski definition) is 6. The molecule has 132 valence electrons. The van der Waals surface area contributed by atoms with Crippen LogP contribution in [0.5, 0.6) is 17.2 Å². The summed E-state index contributed by atoms with van der Waals surface area (Å²) in [7, 11) is 4.80. The molecule has 2 aromatic carbocycles. The number of para-hydroxylation sites is 1. The molecule has 0 bridgehead atoms. The standard InChI is InChI=1S/C20H19N3O3/c1-24-14-9-19(25-2)16(20(10-14)26-3)12-22-18-8-13(11-21)23-17-7-5-4-6-15(17)18/h4-10H,12H2,1-3H3,(H,22,23). The van der Waals surface area contributed by atoms with Crippen LogP contribution in [0, 0.1) is 11.3 Å². The van der Waals surface area contributed by atoms with Gasteiger partial charge >= 0.3 is 0 Å². The molecule has 3 rings (SSSR count). The van der Waals surface area contributed by atoms with Gasteiger partial charge in [0.1, 0.15) is 29.0 Å². The molecule has 0 amide bonds. The smallest absolute Gasteiger partial charge is 0.143 e. The second-order valence-electron chi connectivity index (χ2n) is 5.55. The van der Waals surface area contributed by atoms with E-state index in [1.165, 1.54) is 0 Å². The number of ether oxygens (including phenoxy) is 3. The fourth-order valence-electron chi connectivity index (χ4n) is 2.81. The number of anilines is 1. The number of nitrogens with zero attached hydrogens (tertiary/aromatic N) is 2. The number of methoxy groups -OCH3 is 3. The Morgan fingerprint density at radius 3 is 2.31 bits per heavy atom. The molecule has 3 aromatic rings. The monoisotopic (exact) mass is 349 g/mol. The zero-order chi connectivity index (χ0) is 18.5. The van der Waals surface area contributed by atoms with E-state index in [9.17, 15) is 5.26 Å². The molecule has 1 aromatic heterocycles. The van der Waals surface area contributed by atoms with Crippen molar-refractivity contribution >= 4 is 16.6 Å². The fraction of sp³-hybridized carbons (Fsp3) is 0.200. The van der Waals surface area contributed by atoms with Crippen molar-refractivity contribution in [3.63, 3.8) is 0 Å². The molecule has 0 spiro atoms. The third-order valence-corrected chi connectivity index (χ3v) is 4.10. The normalized spacial score (nSPS) is 10.2. The topological polar surface area (TPSA) is 76.4 Å². The summed E-state index contributed by atoms with van der Waals surface area (Å²) >= 11 is 0. The highest BCUT2D eigenvalue weighted by atomic mass is 16.5. The van der Waals surface area contributed by atoms with Crippen LogP contribution in [0.4, 0.5) is 5.69 Å². The number of hydrogen-bond donors (Lipinski definition) is 1. The summed E-state index contributed by atoms with van der Waals surface area (Å²) in [5.41, 5.74) is 2.81. The van der Waals surface area contributed by atoms with Gasteiger partial charge < -0.3 is 19.5 Å². The molecule has 0 aliphatic carbocycles. The number of nitriles is 1. The Bertz CT molecular complexity index is 955. The molecule has 26 heavy (non-hydrogen) atoms. The lowest BCUT2D eigenvalue weighted by atomic mass is 10.1. The number of rotatable bonds is 6. The van der Waals surface area contributed by atoms with E-state index in [-0.39, 0.29) is 0 Å². The summed E-state index contributed by atoms with van der Waals surface area (Å²) in [4.78, 5) is 4.33. The van der Waals surface area contributed by atoms with Gasteiger partial charge in [-0.25, -0.2) is 4.98 Å². The maximum absolute atomic E-state index is 9.23. The predicted molar refractivity (Wildman–Crippen MR) is 99.9 cm³/mol. The van der Waals surface area contributed by atoms with Crippen molar-refractivity contribution in [3.05, 3.63) is 53.7 Å². The molecule has 0 unspecified atom stereocenters. The molecule has 1 heterocycles. The zero-order valence-corrected chi connectivity index (χ0v) is 14.9. The average molecular weight is 349 g/mol. The molecule has 1 N–H and O–H groups in total. The van der Waals surface area contributed by atoms with Crippen molar-refractivity contribution in [3.8, 4) is 23.3 Å². The molecular formula is C20H19N3O3. The Hall–Kier alpha value is -3.46. The molecule has 0 aliphatic heterocycles. The molecule has 0 aliphatic rings. The van der Waals surface area contributed by atoms with Gasteiger partial charge in [0.2, 0.25) is 0 Å². The van der Waals surface area contributed by atoms with Crippen molar-refractivity contribution in [2.24, 2.45) is 0 Å². The van der Waals surface area contributed by atoms with Gasteiger partial charge in [-0.1, -0.05) is 18.2 Å². The van der Waals surface area contributed by atoms with Crippen molar-refractivity contribution < 1.29 is 14.2 Å². The lowest BCUT2D eigenvalue weighted by Gasteiger charge is -2.17. The number of nitrogens with one attached hydrogen (secondary N) is 1. The van der Waals surface area contributed by atoms with Gasteiger partial charge in [-0.15, -0.1) is 0 Å². The molecule has 0 atom stereocenters. The van der Waals surface area contributed by atoms with E-state index in [0.717, 1.165) is 22.2 Å². The van der Waals surface area contributed by atoms with Crippen molar-refractivity contribution in [2.45, 2.75) is 6.54 Å². The van der Waals surface area contributed by atoms with Gasteiger partial charge in [0.15, 0.2) is 0 Å². The van der Waals surface area contributed by atoms with E-state index in [1.54, 1.807) is 27.4 Å². The van der Waals surface area contributed by atoms with E-state index in [0.29, 0.717) is 29.5 Å². The first-order chi connectivity index (χ1) is 12.7. The lowest BCUT2D eigenvalue weighted by molar-refractivity contribution is 0.369. The Morgan fingerprint density at radius 2 is 1.69 bits per heavy atom. The zero-order valence-electron chi connectivity index (χ0n) is 14.9.